The predicted molar refractivity (Wildman–Crippen MR) is 298 cm³/mol. The number of hydrogen-bond donors (Lipinski definition) is 0. The molecule has 326 valence electrons. The van der Waals surface area contributed by atoms with Crippen molar-refractivity contribution in [2.75, 3.05) is 4.90 Å². The van der Waals surface area contributed by atoms with Crippen LogP contribution in [0.5, 0.6) is 0 Å². The smallest absolute Gasteiger partial charge is 0.138 e. The van der Waals surface area contributed by atoms with Gasteiger partial charge in [-0.15, -0.1) is 11.3 Å². The van der Waals surface area contributed by atoms with Crippen molar-refractivity contribution in [1.29, 1.82) is 0 Å². The molecule has 4 nitrogen and oxygen atoms in total. The molecule has 0 unspecified atom stereocenters. The van der Waals surface area contributed by atoms with Crippen LogP contribution >= 0.6 is 11.3 Å². The molecule has 0 radical (unpaired) electrons. The zero-order chi connectivity index (χ0) is 45.9. The molecule has 0 atom stereocenters. The van der Waals surface area contributed by atoms with E-state index >= 15 is 0 Å². The summed E-state index contributed by atoms with van der Waals surface area (Å²) in [6.07, 6.45) is 0. The highest BCUT2D eigenvalue weighted by Crippen LogP contribution is 2.47. The maximum atomic E-state index is 5.42. The number of benzene rings is 11. The fraction of sp³-hybridized carbons (Fsp3) is 0. The lowest BCUT2D eigenvalue weighted by Crippen LogP contribution is -2.12. The van der Waals surface area contributed by atoms with E-state index in [0.29, 0.717) is 0 Å². The maximum absolute atomic E-state index is 5.42. The second-order valence-corrected chi connectivity index (χ2v) is 19.4. The first-order chi connectivity index (χ1) is 34.7. The molecule has 0 saturated carbocycles. The summed E-state index contributed by atoms with van der Waals surface area (Å²) in [5.74, 6) is 0.858. The second-order valence-electron chi connectivity index (χ2n) is 18.3. The Morgan fingerprint density at radius 1 is 0.343 bits per heavy atom. The first-order valence-corrected chi connectivity index (χ1v) is 24.7. The third kappa shape index (κ3) is 5.92. The molecule has 15 aromatic rings. The van der Waals surface area contributed by atoms with E-state index in [0.717, 1.165) is 45.0 Å². The Balaban J connectivity index is 0.973. The number of hydrogen-bond acceptors (Lipinski definition) is 3. The molecule has 0 amide bonds. The molecule has 0 aliphatic carbocycles. The molecule has 0 saturated heterocycles. The third-order valence-corrected chi connectivity index (χ3v) is 15.7. The molecular weight excluding hydrogens is 869 g/mol. The fourth-order valence-corrected chi connectivity index (χ4v) is 12.5. The van der Waals surface area contributed by atoms with Crippen molar-refractivity contribution in [2.24, 2.45) is 0 Å². The van der Waals surface area contributed by atoms with Gasteiger partial charge >= 0.3 is 0 Å². The highest BCUT2D eigenvalue weighted by Gasteiger charge is 2.23. The Labute approximate surface area is 406 Å². The minimum absolute atomic E-state index is 0.858. The van der Waals surface area contributed by atoms with Crippen LogP contribution in [0.2, 0.25) is 0 Å². The van der Waals surface area contributed by atoms with Gasteiger partial charge in [0, 0.05) is 75.4 Å². The van der Waals surface area contributed by atoms with Crippen molar-refractivity contribution in [2.45, 2.75) is 0 Å². The van der Waals surface area contributed by atoms with Crippen LogP contribution in [-0.2, 0) is 0 Å². The molecule has 4 aromatic heterocycles. The molecule has 70 heavy (non-hydrogen) atoms. The van der Waals surface area contributed by atoms with Crippen molar-refractivity contribution in [3.05, 3.63) is 243 Å². The van der Waals surface area contributed by atoms with Crippen LogP contribution < -0.4 is 4.90 Å². The van der Waals surface area contributed by atoms with Crippen LogP contribution in [0.25, 0.3) is 119 Å². The lowest BCUT2D eigenvalue weighted by Gasteiger charge is -2.26. The summed E-state index contributed by atoms with van der Waals surface area (Å²) < 4.78 is 7.35. The Bertz CT molecular complexity index is 4610. The molecule has 0 fully saturated rings. The van der Waals surface area contributed by atoms with Crippen molar-refractivity contribution in [3.63, 3.8) is 0 Å². The zero-order valence-corrected chi connectivity index (χ0v) is 38.6. The topological polar surface area (TPSA) is 26.0 Å². The summed E-state index contributed by atoms with van der Waals surface area (Å²) in [6, 6.07) is 88.8. The Hall–Kier alpha value is -9.03. The highest BCUT2D eigenvalue weighted by molar-refractivity contribution is 7.26. The lowest BCUT2D eigenvalue weighted by atomic mass is 9.99. The molecule has 0 N–H and O–H groups in total. The lowest BCUT2D eigenvalue weighted by molar-refractivity contribution is 1.18. The first-order valence-electron chi connectivity index (χ1n) is 23.9. The Morgan fingerprint density at radius 2 is 0.929 bits per heavy atom. The molecule has 15 rings (SSSR count). The second kappa shape index (κ2) is 15.2. The Kier molecular flexibility index (Phi) is 8.49. The number of nitrogens with zero attached hydrogens (tertiary/aromatic N) is 4. The van der Waals surface area contributed by atoms with Crippen molar-refractivity contribution in [1.82, 2.24) is 14.1 Å². The van der Waals surface area contributed by atoms with Gasteiger partial charge in [-0.2, -0.15) is 0 Å². The molecule has 4 heterocycles. The SMILES string of the molecule is c1ccc(-n2c3ccccc3c3cc(N(c4cc(-c5ccc6c(c5)c5ccccc5n6-c5ccc6ccc7ccccc7c6c5)c5sc6ccccc6c5c4)c4ccc5ccccc5n4)ccc32)cc1. The van der Waals surface area contributed by atoms with Crippen LogP contribution in [0.3, 0.4) is 0 Å². The van der Waals surface area contributed by atoms with Gasteiger partial charge in [0.05, 0.1) is 27.6 Å². The molecule has 0 bridgehead atoms. The first kappa shape index (κ1) is 39.0. The molecule has 0 spiro atoms. The third-order valence-electron chi connectivity index (χ3n) is 14.4. The van der Waals surface area contributed by atoms with E-state index in [4.69, 9.17) is 4.98 Å². The quantitative estimate of drug-likeness (QED) is 0.155. The monoisotopic (exact) mass is 908 g/mol. The summed E-state index contributed by atoms with van der Waals surface area (Å²) in [6.45, 7) is 0. The van der Waals surface area contributed by atoms with Crippen LogP contribution in [0.15, 0.2) is 243 Å². The molecular formula is C65H40N4S. The van der Waals surface area contributed by atoms with Gasteiger partial charge in [0.15, 0.2) is 0 Å². The van der Waals surface area contributed by atoms with E-state index in [1.807, 2.05) is 11.3 Å². The van der Waals surface area contributed by atoms with Crippen molar-refractivity contribution >= 4 is 125 Å². The van der Waals surface area contributed by atoms with E-state index in [-0.39, 0.29) is 0 Å². The average molecular weight is 909 g/mol. The standard InChI is InChI=1S/C65H40N4S/c1-2-16-45(17-3-1)68-59-23-11-8-20-51(59)56-38-46(32-34-62(56)68)67(64-35-30-43-15-5-10-22-58(43)66-64)48-39-54(65-57(40-48)52-21-9-13-25-63(52)70-65)44-29-33-61-55(36-44)50-19-7-12-24-60(50)69(61)47-31-28-42-27-26-41-14-4-6-18-49(41)53(42)37-47/h1-40H. The predicted octanol–water partition coefficient (Wildman–Crippen LogP) is 18.2. The molecule has 0 aliphatic heterocycles. The van der Waals surface area contributed by atoms with Gasteiger partial charge in [-0.3, -0.25) is 4.90 Å². The van der Waals surface area contributed by atoms with E-state index in [9.17, 15) is 0 Å². The van der Waals surface area contributed by atoms with E-state index in [1.54, 1.807) is 0 Å². The number of para-hydroxylation sites is 4. The number of aromatic nitrogens is 3. The molecule has 11 aromatic carbocycles. The molecule has 0 aliphatic rings. The summed E-state index contributed by atoms with van der Waals surface area (Å²) in [5.41, 5.74) is 12.4. The van der Waals surface area contributed by atoms with Gasteiger partial charge in [-0.05, 0) is 130 Å². The minimum Gasteiger partial charge on any atom is -0.309 e. The molecule has 5 heteroatoms. The van der Waals surface area contributed by atoms with E-state index < -0.39 is 0 Å². The highest BCUT2D eigenvalue weighted by atomic mass is 32.1. The van der Waals surface area contributed by atoms with Crippen LogP contribution in [0, 0.1) is 0 Å². The van der Waals surface area contributed by atoms with Crippen LogP contribution in [0.1, 0.15) is 0 Å². The van der Waals surface area contributed by atoms with E-state index in [2.05, 4.69) is 257 Å². The van der Waals surface area contributed by atoms with Crippen LogP contribution in [-0.4, -0.2) is 14.1 Å². The maximum Gasteiger partial charge on any atom is 0.138 e. The van der Waals surface area contributed by atoms with Crippen LogP contribution in [0.4, 0.5) is 17.2 Å². The van der Waals surface area contributed by atoms with Gasteiger partial charge in [0.25, 0.3) is 0 Å². The number of pyridine rings is 1. The minimum atomic E-state index is 0.858. The Morgan fingerprint density at radius 3 is 1.74 bits per heavy atom. The number of thiophene rings is 1. The summed E-state index contributed by atoms with van der Waals surface area (Å²) in [4.78, 5) is 7.78. The van der Waals surface area contributed by atoms with Crippen molar-refractivity contribution < 1.29 is 0 Å². The normalized spacial score (nSPS) is 12.0. The zero-order valence-electron chi connectivity index (χ0n) is 37.8. The fourth-order valence-electron chi connectivity index (χ4n) is 11.3. The number of anilines is 3. The van der Waals surface area contributed by atoms with E-state index in [1.165, 1.54) is 90.9 Å². The van der Waals surface area contributed by atoms with Gasteiger partial charge in [-0.1, -0.05) is 140 Å². The number of fused-ring (bicyclic) bond motifs is 13. The largest absolute Gasteiger partial charge is 0.309 e. The average Bonchev–Trinajstić information content (AvgIpc) is 4.08. The summed E-state index contributed by atoms with van der Waals surface area (Å²) in [7, 11) is 0. The van der Waals surface area contributed by atoms with Gasteiger partial charge < -0.3 is 9.13 Å². The number of rotatable bonds is 6. The van der Waals surface area contributed by atoms with Gasteiger partial charge in [-0.25, -0.2) is 4.98 Å². The van der Waals surface area contributed by atoms with Crippen molar-refractivity contribution in [3.8, 4) is 22.5 Å². The summed E-state index contributed by atoms with van der Waals surface area (Å²) in [5, 5.41) is 13.4. The van der Waals surface area contributed by atoms with Gasteiger partial charge in [0.1, 0.15) is 5.82 Å². The van der Waals surface area contributed by atoms with Gasteiger partial charge in [0.2, 0.25) is 0 Å². The summed E-state index contributed by atoms with van der Waals surface area (Å²) >= 11 is 1.87.